The molecule has 3 rings (SSSR count). The Morgan fingerprint density at radius 3 is 2.67 bits per heavy atom. The first-order chi connectivity index (χ1) is 12.5. The second kappa shape index (κ2) is 9.50. The van der Waals surface area contributed by atoms with E-state index in [4.69, 9.17) is 0 Å². The van der Waals surface area contributed by atoms with E-state index in [0.717, 1.165) is 30.2 Å². The quantitative estimate of drug-likeness (QED) is 0.763. The molecule has 2 aromatic carbocycles. The van der Waals surface area contributed by atoms with Crippen molar-refractivity contribution in [2.75, 3.05) is 26.7 Å². The predicted molar refractivity (Wildman–Crippen MR) is 110 cm³/mol. The van der Waals surface area contributed by atoms with Crippen LogP contribution in [0, 0.1) is 0 Å². The Hall–Kier alpha value is -1.67. The molecule has 6 nitrogen and oxygen atoms in total. The van der Waals surface area contributed by atoms with Gasteiger partial charge >= 0.3 is 0 Å². The fourth-order valence-electron chi connectivity index (χ4n) is 3.31. The van der Waals surface area contributed by atoms with Crippen LogP contribution in [0.4, 0.5) is 0 Å². The number of likely N-dealkylation sites (N-methyl/N-ethyl adjacent to an activating group) is 1. The van der Waals surface area contributed by atoms with E-state index < -0.39 is 10.0 Å². The van der Waals surface area contributed by atoms with Gasteiger partial charge in [0, 0.05) is 32.1 Å². The van der Waals surface area contributed by atoms with Gasteiger partial charge in [0.1, 0.15) is 0 Å². The Morgan fingerprint density at radius 1 is 1.19 bits per heavy atom. The highest BCUT2D eigenvalue weighted by Gasteiger charge is 2.23. The van der Waals surface area contributed by atoms with E-state index in [0.29, 0.717) is 12.6 Å². The molecule has 148 valence electrons. The zero-order valence-electron chi connectivity index (χ0n) is 15.3. The van der Waals surface area contributed by atoms with Crippen molar-refractivity contribution in [2.45, 2.75) is 30.2 Å². The van der Waals surface area contributed by atoms with Gasteiger partial charge in [0.05, 0.1) is 4.90 Å². The molecule has 0 spiro atoms. The number of halogens is 1. The fourth-order valence-corrected chi connectivity index (χ4v) is 4.37. The van der Waals surface area contributed by atoms with Gasteiger partial charge in [-0.3, -0.25) is 4.79 Å². The number of nitrogens with zero attached hydrogens (tertiary/aromatic N) is 1. The maximum atomic E-state index is 12.5. The highest BCUT2D eigenvalue weighted by Crippen LogP contribution is 2.19. The van der Waals surface area contributed by atoms with Crippen LogP contribution in [0.3, 0.4) is 0 Å². The molecule has 2 N–H and O–H groups in total. The molecular formula is C19H26ClN3O3S. The second-order valence-corrected chi connectivity index (χ2v) is 8.39. The van der Waals surface area contributed by atoms with Crippen LogP contribution in [0.1, 0.15) is 19.3 Å². The van der Waals surface area contributed by atoms with E-state index in [-0.39, 0.29) is 36.2 Å². The average Bonchev–Trinajstić information content (AvgIpc) is 2.67. The van der Waals surface area contributed by atoms with E-state index in [1.807, 2.05) is 36.2 Å². The maximum absolute atomic E-state index is 12.5. The standard InChI is InChI=1S/C19H25N3O3S.ClH/c1-20-17-7-4-12-22(14-17)19(23)10-11-21-26(24,25)18-9-8-15-5-2-3-6-16(15)13-18;/h2-3,5-6,8-9,13,17,20-21H,4,7,10-12,14H2,1H3;1H. The van der Waals surface area contributed by atoms with Crippen molar-refractivity contribution >= 4 is 39.1 Å². The third-order valence-corrected chi connectivity index (χ3v) is 6.30. The van der Waals surface area contributed by atoms with Crippen LogP contribution in [-0.2, 0) is 14.8 Å². The van der Waals surface area contributed by atoms with Gasteiger partial charge < -0.3 is 10.2 Å². The number of benzene rings is 2. The summed E-state index contributed by atoms with van der Waals surface area (Å²) in [4.78, 5) is 14.4. The summed E-state index contributed by atoms with van der Waals surface area (Å²) in [6, 6.07) is 13.0. The van der Waals surface area contributed by atoms with Crippen molar-refractivity contribution in [1.29, 1.82) is 0 Å². The number of rotatable bonds is 6. The monoisotopic (exact) mass is 411 g/mol. The average molecular weight is 412 g/mol. The zero-order valence-corrected chi connectivity index (χ0v) is 17.0. The van der Waals surface area contributed by atoms with Crippen molar-refractivity contribution in [1.82, 2.24) is 14.9 Å². The van der Waals surface area contributed by atoms with Crippen molar-refractivity contribution in [3.8, 4) is 0 Å². The molecule has 0 aromatic heterocycles. The van der Waals surface area contributed by atoms with Crippen LogP contribution >= 0.6 is 12.4 Å². The molecule has 1 saturated heterocycles. The molecule has 1 aliphatic heterocycles. The first-order valence-corrected chi connectivity index (χ1v) is 10.4. The van der Waals surface area contributed by atoms with Crippen molar-refractivity contribution in [3.63, 3.8) is 0 Å². The summed E-state index contributed by atoms with van der Waals surface area (Å²) < 4.78 is 27.5. The highest BCUT2D eigenvalue weighted by molar-refractivity contribution is 7.89. The van der Waals surface area contributed by atoms with Gasteiger partial charge in [0.15, 0.2) is 0 Å². The Bertz CT molecular complexity index is 889. The van der Waals surface area contributed by atoms with E-state index >= 15 is 0 Å². The number of hydrogen-bond donors (Lipinski definition) is 2. The lowest BCUT2D eigenvalue weighted by atomic mass is 10.1. The maximum Gasteiger partial charge on any atom is 0.240 e. The van der Waals surface area contributed by atoms with E-state index in [1.54, 1.807) is 18.2 Å². The lowest BCUT2D eigenvalue weighted by Crippen LogP contribution is -2.47. The van der Waals surface area contributed by atoms with Crippen LogP contribution in [-0.4, -0.2) is 51.9 Å². The number of nitrogens with one attached hydrogen (secondary N) is 2. The lowest BCUT2D eigenvalue weighted by molar-refractivity contribution is -0.132. The predicted octanol–water partition coefficient (Wildman–Crippen LogP) is 2.14. The lowest BCUT2D eigenvalue weighted by Gasteiger charge is -2.32. The Balaban J connectivity index is 0.00000261. The van der Waals surface area contributed by atoms with Gasteiger partial charge in [-0.1, -0.05) is 30.3 Å². The smallest absolute Gasteiger partial charge is 0.240 e. The summed E-state index contributed by atoms with van der Waals surface area (Å²) in [7, 11) is -1.73. The van der Waals surface area contributed by atoms with Crippen LogP contribution in [0.15, 0.2) is 47.4 Å². The summed E-state index contributed by atoms with van der Waals surface area (Å²) in [6.45, 7) is 1.54. The van der Waals surface area contributed by atoms with Gasteiger partial charge in [-0.05, 0) is 42.8 Å². The third-order valence-electron chi connectivity index (χ3n) is 4.84. The van der Waals surface area contributed by atoms with Crippen LogP contribution < -0.4 is 10.0 Å². The van der Waals surface area contributed by atoms with Crippen molar-refractivity contribution in [2.24, 2.45) is 0 Å². The summed E-state index contributed by atoms with van der Waals surface area (Å²) in [6.07, 6.45) is 2.21. The molecule has 1 amide bonds. The number of sulfonamides is 1. The van der Waals surface area contributed by atoms with Gasteiger partial charge in [0.25, 0.3) is 0 Å². The van der Waals surface area contributed by atoms with E-state index in [1.165, 1.54) is 0 Å². The highest BCUT2D eigenvalue weighted by atomic mass is 35.5. The van der Waals surface area contributed by atoms with E-state index in [9.17, 15) is 13.2 Å². The number of amides is 1. The van der Waals surface area contributed by atoms with Crippen LogP contribution in [0.5, 0.6) is 0 Å². The van der Waals surface area contributed by atoms with Crippen molar-refractivity contribution < 1.29 is 13.2 Å². The number of carbonyl (C=O) groups is 1. The van der Waals surface area contributed by atoms with E-state index in [2.05, 4.69) is 10.0 Å². The molecule has 8 heteroatoms. The largest absolute Gasteiger partial charge is 0.341 e. The Kier molecular flexibility index (Phi) is 7.61. The molecule has 1 atom stereocenters. The fraction of sp³-hybridized carbons (Fsp3) is 0.421. The molecule has 1 unspecified atom stereocenters. The topological polar surface area (TPSA) is 78.5 Å². The summed E-state index contributed by atoms with van der Waals surface area (Å²) in [5.41, 5.74) is 0. The van der Waals surface area contributed by atoms with Crippen LogP contribution in [0.25, 0.3) is 10.8 Å². The van der Waals surface area contributed by atoms with Gasteiger partial charge in [-0.15, -0.1) is 12.4 Å². The third kappa shape index (κ3) is 5.42. The van der Waals surface area contributed by atoms with Gasteiger partial charge in [-0.25, -0.2) is 13.1 Å². The first-order valence-electron chi connectivity index (χ1n) is 8.93. The molecule has 0 saturated carbocycles. The minimum absolute atomic E-state index is 0. The number of piperidine rings is 1. The molecule has 0 aliphatic carbocycles. The molecule has 1 aliphatic rings. The van der Waals surface area contributed by atoms with Gasteiger partial charge in [-0.2, -0.15) is 0 Å². The Morgan fingerprint density at radius 2 is 1.93 bits per heavy atom. The Labute approximate surface area is 166 Å². The summed E-state index contributed by atoms with van der Waals surface area (Å²) in [5, 5.41) is 5.06. The van der Waals surface area contributed by atoms with Crippen molar-refractivity contribution in [3.05, 3.63) is 42.5 Å². The molecule has 1 fully saturated rings. The van der Waals surface area contributed by atoms with Crippen LogP contribution in [0.2, 0.25) is 0 Å². The minimum Gasteiger partial charge on any atom is -0.341 e. The minimum atomic E-state index is -3.63. The molecular weight excluding hydrogens is 386 g/mol. The first kappa shape index (κ1) is 21.6. The molecule has 0 radical (unpaired) electrons. The number of fused-ring (bicyclic) bond motifs is 1. The summed E-state index contributed by atoms with van der Waals surface area (Å²) >= 11 is 0. The molecule has 0 bridgehead atoms. The molecule has 1 heterocycles. The molecule has 2 aromatic rings. The second-order valence-electron chi connectivity index (χ2n) is 6.62. The summed E-state index contributed by atoms with van der Waals surface area (Å²) in [5.74, 6) is -0.00818. The normalized spacial score (nSPS) is 17.5. The zero-order chi connectivity index (χ0) is 18.6. The number of carbonyl (C=O) groups excluding carboxylic acids is 1. The molecule has 27 heavy (non-hydrogen) atoms. The number of hydrogen-bond acceptors (Lipinski definition) is 4. The number of likely N-dealkylation sites (tertiary alicyclic amines) is 1. The SMILES string of the molecule is CNC1CCCN(C(=O)CCNS(=O)(=O)c2ccc3ccccc3c2)C1.Cl. The van der Waals surface area contributed by atoms with Gasteiger partial charge in [0.2, 0.25) is 15.9 Å².